The normalized spacial score (nSPS) is 15.1. The fourth-order valence-electron chi connectivity index (χ4n) is 3.18. The highest BCUT2D eigenvalue weighted by atomic mass is 19.3. The number of pyridine rings is 1. The average molecular weight is 403 g/mol. The van der Waals surface area contributed by atoms with Gasteiger partial charge in [-0.3, -0.25) is 14.7 Å². The summed E-state index contributed by atoms with van der Waals surface area (Å²) in [5.74, 6) is -0.0692. The summed E-state index contributed by atoms with van der Waals surface area (Å²) < 4.78 is 35.1. The van der Waals surface area contributed by atoms with Crippen molar-refractivity contribution in [2.24, 2.45) is 0 Å². The van der Waals surface area contributed by atoms with E-state index in [4.69, 9.17) is 4.74 Å². The maximum absolute atomic E-state index is 12.7. The Morgan fingerprint density at radius 2 is 1.90 bits per heavy atom. The molecule has 0 aliphatic carbocycles. The molecule has 29 heavy (non-hydrogen) atoms. The van der Waals surface area contributed by atoms with E-state index >= 15 is 0 Å². The molecule has 0 spiro atoms. The number of benzene rings is 1. The molecular weight excluding hydrogens is 380 g/mol. The van der Waals surface area contributed by atoms with Gasteiger partial charge < -0.3 is 14.4 Å². The number of aromatic nitrogens is 1. The van der Waals surface area contributed by atoms with E-state index in [1.165, 1.54) is 30.9 Å². The van der Waals surface area contributed by atoms with Gasteiger partial charge in [0.15, 0.2) is 11.5 Å². The standard InChI is InChI=1S/C21H23F2N3O3/c1-28-18-4-2-3-17(20(18)29-21(22)23)5-6-19(27)26-13-11-25(12-14-26)15-16-7-9-24-10-8-16/h2-10,21H,11-15H2,1H3/b6-5+. The Balaban J connectivity index is 1.59. The van der Waals surface area contributed by atoms with Crippen molar-refractivity contribution >= 4 is 12.0 Å². The molecule has 1 saturated heterocycles. The largest absolute Gasteiger partial charge is 0.493 e. The van der Waals surface area contributed by atoms with Crippen molar-refractivity contribution in [1.29, 1.82) is 0 Å². The molecule has 0 N–H and O–H groups in total. The summed E-state index contributed by atoms with van der Waals surface area (Å²) in [6.07, 6.45) is 6.40. The van der Waals surface area contributed by atoms with E-state index in [0.717, 1.165) is 19.6 Å². The van der Waals surface area contributed by atoms with Crippen LogP contribution in [0.2, 0.25) is 0 Å². The average Bonchev–Trinajstić information content (AvgIpc) is 2.73. The zero-order valence-electron chi connectivity index (χ0n) is 16.1. The maximum atomic E-state index is 12.7. The summed E-state index contributed by atoms with van der Waals surface area (Å²) in [4.78, 5) is 20.6. The molecule has 0 radical (unpaired) electrons. The molecule has 0 unspecified atom stereocenters. The summed E-state index contributed by atoms with van der Waals surface area (Å²) in [7, 11) is 1.37. The zero-order chi connectivity index (χ0) is 20.6. The van der Waals surface area contributed by atoms with E-state index in [2.05, 4.69) is 14.6 Å². The molecule has 1 aliphatic rings. The third-order valence-corrected chi connectivity index (χ3v) is 4.68. The van der Waals surface area contributed by atoms with Crippen molar-refractivity contribution in [2.45, 2.75) is 13.2 Å². The minimum atomic E-state index is -2.98. The van der Waals surface area contributed by atoms with Crippen LogP contribution in [0, 0.1) is 0 Å². The monoisotopic (exact) mass is 403 g/mol. The molecule has 1 fully saturated rings. The molecule has 2 heterocycles. The number of methoxy groups -OCH3 is 1. The van der Waals surface area contributed by atoms with Crippen molar-refractivity contribution in [3.63, 3.8) is 0 Å². The molecule has 8 heteroatoms. The van der Waals surface area contributed by atoms with Gasteiger partial charge in [0.05, 0.1) is 7.11 Å². The third kappa shape index (κ3) is 5.74. The molecule has 6 nitrogen and oxygen atoms in total. The number of nitrogens with zero attached hydrogens (tertiary/aromatic N) is 3. The third-order valence-electron chi connectivity index (χ3n) is 4.68. The number of carbonyl (C=O) groups excluding carboxylic acids is 1. The van der Waals surface area contributed by atoms with E-state index in [1.54, 1.807) is 29.4 Å². The number of hydrogen-bond donors (Lipinski definition) is 0. The molecular formula is C21H23F2N3O3. The van der Waals surface area contributed by atoms with E-state index in [0.29, 0.717) is 18.7 Å². The number of ether oxygens (including phenoxy) is 2. The van der Waals surface area contributed by atoms with Crippen LogP contribution >= 0.6 is 0 Å². The number of amides is 1. The van der Waals surface area contributed by atoms with Crippen LogP contribution < -0.4 is 9.47 Å². The highest BCUT2D eigenvalue weighted by Gasteiger charge is 2.20. The Kier molecular flexibility index (Phi) is 7.13. The van der Waals surface area contributed by atoms with Gasteiger partial charge in [-0.2, -0.15) is 8.78 Å². The SMILES string of the molecule is COc1cccc(/C=C/C(=O)N2CCN(Cc3ccncc3)CC2)c1OC(F)F. The molecule has 0 bridgehead atoms. The predicted molar refractivity (Wildman–Crippen MR) is 105 cm³/mol. The molecule has 0 atom stereocenters. The second-order valence-electron chi connectivity index (χ2n) is 6.55. The molecule has 3 rings (SSSR count). The van der Waals surface area contributed by atoms with Crippen LogP contribution in [0.5, 0.6) is 11.5 Å². The maximum Gasteiger partial charge on any atom is 0.387 e. The fraction of sp³-hybridized carbons (Fsp3) is 0.333. The first-order chi connectivity index (χ1) is 14.1. The Hall–Kier alpha value is -3.00. The van der Waals surface area contributed by atoms with Crippen LogP contribution in [-0.2, 0) is 11.3 Å². The van der Waals surface area contributed by atoms with Crippen molar-refractivity contribution in [3.8, 4) is 11.5 Å². The van der Waals surface area contributed by atoms with Gasteiger partial charge in [0.2, 0.25) is 5.91 Å². The summed E-state index contributed by atoms with van der Waals surface area (Å²) >= 11 is 0. The van der Waals surface area contributed by atoms with Crippen molar-refractivity contribution < 1.29 is 23.0 Å². The van der Waals surface area contributed by atoms with Gasteiger partial charge in [-0.05, 0) is 29.8 Å². The number of hydrogen-bond acceptors (Lipinski definition) is 5. The zero-order valence-corrected chi connectivity index (χ0v) is 16.1. The number of piperazine rings is 1. The summed E-state index contributed by atoms with van der Waals surface area (Å²) in [6, 6.07) is 8.73. The summed E-state index contributed by atoms with van der Waals surface area (Å²) in [5, 5.41) is 0. The highest BCUT2D eigenvalue weighted by molar-refractivity contribution is 5.92. The lowest BCUT2D eigenvalue weighted by molar-refractivity contribution is -0.127. The van der Waals surface area contributed by atoms with Crippen molar-refractivity contribution in [2.75, 3.05) is 33.3 Å². The van der Waals surface area contributed by atoms with Gasteiger partial charge in [-0.1, -0.05) is 12.1 Å². The van der Waals surface area contributed by atoms with E-state index in [9.17, 15) is 13.6 Å². The molecule has 1 aliphatic heterocycles. The minimum absolute atomic E-state index is 0.0868. The van der Waals surface area contributed by atoms with Gasteiger partial charge in [-0.25, -0.2) is 0 Å². The second kappa shape index (κ2) is 9.97. The fourth-order valence-corrected chi connectivity index (χ4v) is 3.18. The minimum Gasteiger partial charge on any atom is -0.493 e. The van der Waals surface area contributed by atoms with Crippen LogP contribution in [0.15, 0.2) is 48.8 Å². The molecule has 1 aromatic heterocycles. The lowest BCUT2D eigenvalue weighted by Gasteiger charge is -2.34. The van der Waals surface area contributed by atoms with Gasteiger partial charge in [0.1, 0.15) is 0 Å². The Morgan fingerprint density at radius 1 is 1.17 bits per heavy atom. The molecule has 2 aromatic rings. The van der Waals surface area contributed by atoms with Gasteiger partial charge in [0, 0.05) is 56.8 Å². The Labute approximate surface area is 168 Å². The molecule has 1 amide bonds. The Bertz CT molecular complexity index is 838. The van der Waals surface area contributed by atoms with E-state index in [1.807, 2.05) is 12.1 Å². The van der Waals surface area contributed by atoms with Crippen LogP contribution in [0.4, 0.5) is 8.78 Å². The molecule has 1 aromatic carbocycles. The van der Waals surface area contributed by atoms with E-state index in [-0.39, 0.29) is 17.4 Å². The second-order valence-corrected chi connectivity index (χ2v) is 6.55. The first-order valence-corrected chi connectivity index (χ1v) is 9.27. The molecule has 0 saturated carbocycles. The topological polar surface area (TPSA) is 54.9 Å². The van der Waals surface area contributed by atoms with Crippen LogP contribution in [-0.4, -0.2) is 60.6 Å². The number of para-hydroxylation sites is 1. The first kappa shape index (κ1) is 20.7. The summed E-state index contributed by atoms with van der Waals surface area (Å²) in [6.45, 7) is 0.572. The van der Waals surface area contributed by atoms with Crippen LogP contribution in [0.1, 0.15) is 11.1 Å². The number of halogens is 2. The van der Waals surface area contributed by atoms with Gasteiger partial charge in [-0.15, -0.1) is 0 Å². The van der Waals surface area contributed by atoms with Crippen LogP contribution in [0.25, 0.3) is 6.08 Å². The van der Waals surface area contributed by atoms with Crippen molar-refractivity contribution in [1.82, 2.24) is 14.8 Å². The highest BCUT2D eigenvalue weighted by Crippen LogP contribution is 2.33. The predicted octanol–water partition coefficient (Wildman–Crippen LogP) is 3.05. The quantitative estimate of drug-likeness (QED) is 0.665. The van der Waals surface area contributed by atoms with E-state index < -0.39 is 6.61 Å². The smallest absolute Gasteiger partial charge is 0.387 e. The van der Waals surface area contributed by atoms with Crippen molar-refractivity contribution in [3.05, 3.63) is 59.9 Å². The number of carbonyl (C=O) groups is 1. The van der Waals surface area contributed by atoms with Gasteiger partial charge >= 0.3 is 6.61 Å². The number of alkyl halides is 2. The molecule has 154 valence electrons. The summed E-state index contributed by atoms with van der Waals surface area (Å²) in [5.41, 5.74) is 1.54. The number of rotatable bonds is 7. The van der Waals surface area contributed by atoms with Crippen LogP contribution in [0.3, 0.4) is 0 Å². The Morgan fingerprint density at radius 3 is 2.55 bits per heavy atom. The lowest BCUT2D eigenvalue weighted by Crippen LogP contribution is -2.47. The first-order valence-electron chi connectivity index (χ1n) is 9.27. The van der Waals surface area contributed by atoms with Gasteiger partial charge in [0.25, 0.3) is 0 Å². The lowest BCUT2D eigenvalue weighted by atomic mass is 10.1.